The van der Waals surface area contributed by atoms with Crippen molar-refractivity contribution in [1.82, 2.24) is 4.31 Å². The quantitative estimate of drug-likeness (QED) is 0.451. The molecule has 1 aliphatic carbocycles. The van der Waals surface area contributed by atoms with Crippen molar-refractivity contribution in [3.63, 3.8) is 0 Å². The highest BCUT2D eigenvalue weighted by molar-refractivity contribution is 7.89. The molecule has 0 bridgehead atoms. The van der Waals surface area contributed by atoms with Gasteiger partial charge < -0.3 is 5.32 Å². The Hall–Kier alpha value is -3.25. The summed E-state index contributed by atoms with van der Waals surface area (Å²) >= 11 is 6.14. The first-order chi connectivity index (χ1) is 16.6. The number of nitrogens with one attached hydrogen (secondary N) is 1. The predicted molar refractivity (Wildman–Crippen MR) is 132 cm³/mol. The zero-order chi connectivity index (χ0) is 25.2. The van der Waals surface area contributed by atoms with Crippen LogP contribution in [0, 0.1) is 24.1 Å². The summed E-state index contributed by atoms with van der Waals surface area (Å²) in [5, 5.41) is 12.1. The molecule has 6 nitrogen and oxygen atoms in total. The van der Waals surface area contributed by atoms with E-state index in [4.69, 9.17) is 11.6 Å². The molecule has 0 heterocycles. The van der Waals surface area contributed by atoms with E-state index in [2.05, 4.69) is 11.4 Å². The Balaban J connectivity index is 1.58. The number of halogens is 2. The number of rotatable bonds is 8. The molecule has 0 saturated heterocycles. The van der Waals surface area contributed by atoms with Crippen LogP contribution in [0.15, 0.2) is 71.6 Å². The van der Waals surface area contributed by atoms with Gasteiger partial charge in [0, 0.05) is 22.8 Å². The largest absolute Gasteiger partial charge is 0.325 e. The lowest BCUT2D eigenvalue weighted by Gasteiger charge is -2.23. The molecule has 0 unspecified atom stereocenters. The van der Waals surface area contributed by atoms with Crippen molar-refractivity contribution in [2.24, 2.45) is 0 Å². The monoisotopic (exact) mass is 511 g/mol. The van der Waals surface area contributed by atoms with Crippen LogP contribution in [-0.4, -0.2) is 25.2 Å². The molecular weight excluding hydrogens is 489 g/mol. The molecule has 0 radical (unpaired) electrons. The van der Waals surface area contributed by atoms with E-state index in [1.54, 1.807) is 36.4 Å². The van der Waals surface area contributed by atoms with Crippen LogP contribution in [0.1, 0.15) is 29.5 Å². The van der Waals surface area contributed by atoms with Crippen LogP contribution in [0.2, 0.25) is 5.02 Å². The van der Waals surface area contributed by atoms with Crippen molar-refractivity contribution in [3.8, 4) is 6.07 Å². The maximum absolute atomic E-state index is 14.5. The van der Waals surface area contributed by atoms with Crippen LogP contribution in [-0.2, 0) is 26.8 Å². The number of nitrogens with zero attached hydrogens (tertiary/aromatic N) is 2. The maximum atomic E-state index is 14.5. The number of aryl methyl sites for hydroxylation is 1. The summed E-state index contributed by atoms with van der Waals surface area (Å²) in [5.74, 6) is -1.26. The third kappa shape index (κ3) is 5.38. The fraction of sp³-hybridized carbons (Fsp3) is 0.231. The second kappa shape index (κ2) is 9.78. The SMILES string of the molecule is Cc1ccc(S(=O)(=O)N(CC(=O)Nc2ccc(C3(C#N)CC3)cc2)Cc2c(F)cccc2Cl)cc1. The van der Waals surface area contributed by atoms with Gasteiger partial charge in [0.2, 0.25) is 15.9 Å². The first kappa shape index (κ1) is 24.9. The molecule has 4 rings (SSSR count). The molecule has 1 N–H and O–H groups in total. The molecule has 0 spiro atoms. The van der Waals surface area contributed by atoms with Gasteiger partial charge in [-0.3, -0.25) is 4.79 Å². The smallest absolute Gasteiger partial charge is 0.243 e. The van der Waals surface area contributed by atoms with Gasteiger partial charge in [0.1, 0.15) is 5.82 Å². The molecular formula is C26H23ClFN3O3S. The third-order valence-corrected chi connectivity index (χ3v) is 8.22. The number of hydrogen-bond acceptors (Lipinski definition) is 4. The van der Waals surface area contributed by atoms with E-state index < -0.39 is 40.3 Å². The van der Waals surface area contributed by atoms with Crippen molar-refractivity contribution in [3.05, 3.63) is 94.3 Å². The number of nitriles is 1. The van der Waals surface area contributed by atoms with Gasteiger partial charge in [-0.15, -0.1) is 0 Å². The van der Waals surface area contributed by atoms with Gasteiger partial charge in [-0.1, -0.05) is 47.5 Å². The minimum Gasteiger partial charge on any atom is -0.325 e. The van der Waals surface area contributed by atoms with Crippen molar-refractivity contribution in [1.29, 1.82) is 5.26 Å². The van der Waals surface area contributed by atoms with Crippen molar-refractivity contribution < 1.29 is 17.6 Å². The van der Waals surface area contributed by atoms with Crippen molar-refractivity contribution in [2.75, 3.05) is 11.9 Å². The molecule has 1 saturated carbocycles. The summed E-state index contributed by atoms with van der Waals surface area (Å²) < 4.78 is 42.2. The minimum absolute atomic E-state index is 0.0149. The molecule has 1 amide bonds. The Kier molecular flexibility index (Phi) is 6.95. The highest BCUT2D eigenvalue weighted by atomic mass is 35.5. The first-order valence-electron chi connectivity index (χ1n) is 11.0. The number of sulfonamides is 1. The Bertz CT molecular complexity index is 1380. The highest BCUT2D eigenvalue weighted by Crippen LogP contribution is 2.47. The number of benzene rings is 3. The topological polar surface area (TPSA) is 90.3 Å². The number of amides is 1. The summed E-state index contributed by atoms with van der Waals surface area (Å²) in [6.07, 6.45) is 1.61. The van der Waals surface area contributed by atoms with Crippen LogP contribution < -0.4 is 5.32 Å². The van der Waals surface area contributed by atoms with Gasteiger partial charge in [0.25, 0.3) is 0 Å². The average molecular weight is 512 g/mol. The molecule has 1 fully saturated rings. The second-order valence-corrected chi connectivity index (χ2v) is 11.0. The summed E-state index contributed by atoms with van der Waals surface area (Å²) in [5.41, 5.74) is 1.76. The lowest BCUT2D eigenvalue weighted by molar-refractivity contribution is -0.116. The molecule has 35 heavy (non-hydrogen) atoms. The summed E-state index contributed by atoms with van der Waals surface area (Å²) in [6, 6.07) is 19.5. The molecule has 180 valence electrons. The van der Waals surface area contributed by atoms with E-state index in [9.17, 15) is 22.9 Å². The van der Waals surface area contributed by atoms with Crippen LogP contribution in [0.5, 0.6) is 0 Å². The maximum Gasteiger partial charge on any atom is 0.243 e. The molecule has 0 aromatic heterocycles. The zero-order valence-corrected chi connectivity index (χ0v) is 20.5. The van der Waals surface area contributed by atoms with Crippen molar-refractivity contribution in [2.45, 2.75) is 36.6 Å². The number of carbonyl (C=O) groups excluding carboxylic acids is 1. The van der Waals surface area contributed by atoms with Gasteiger partial charge in [-0.05, 0) is 61.7 Å². The van der Waals surface area contributed by atoms with Crippen LogP contribution >= 0.6 is 11.6 Å². The summed E-state index contributed by atoms with van der Waals surface area (Å²) in [6.45, 7) is 0.858. The molecule has 0 atom stereocenters. The number of hydrogen-bond donors (Lipinski definition) is 1. The second-order valence-electron chi connectivity index (χ2n) is 8.61. The van der Waals surface area contributed by atoms with Crippen molar-refractivity contribution >= 4 is 33.2 Å². The fourth-order valence-electron chi connectivity index (χ4n) is 3.77. The first-order valence-corrected chi connectivity index (χ1v) is 12.8. The van der Waals surface area contributed by atoms with Gasteiger partial charge in [0.15, 0.2) is 0 Å². The lowest BCUT2D eigenvalue weighted by atomic mass is 9.98. The van der Waals surface area contributed by atoms with Crippen LogP contribution in [0.25, 0.3) is 0 Å². The predicted octanol–water partition coefficient (Wildman–Crippen LogP) is 5.17. The Labute approximate surface area is 209 Å². The summed E-state index contributed by atoms with van der Waals surface area (Å²) in [7, 11) is -4.15. The van der Waals surface area contributed by atoms with E-state index in [1.807, 2.05) is 6.92 Å². The molecule has 9 heteroatoms. The van der Waals surface area contributed by atoms with Gasteiger partial charge in [-0.2, -0.15) is 9.57 Å². The van der Waals surface area contributed by atoms with Gasteiger partial charge >= 0.3 is 0 Å². The van der Waals surface area contributed by atoms with Gasteiger partial charge in [-0.25, -0.2) is 12.8 Å². The molecule has 1 aliphatic rings. The number of anilines is 1. The fourth-order valence-corrected chi connectivity index (χ4v) is 5.36. The van der Waals surface area contributed by atoms with Crippen LogP contribution in [0.3, 0.4) is 0 Å². The molecule has 3 aromatic carbocycles. The van der Waals surface area contributed by atoms with Gasteiger partial charge in [0.05, 0.1) is 22.9 Å². The average Bonchev–Trinajstić information content (AvgIpc) is 3.63. The Morgan fingerprint density at radius 3 is 2.34 bits per heavy atom. The molecule has 3 aromatic rings. The van der Waals surface area contributed by atoms with E-state index in [0.29, 0.717) is 5.69 Å². The van der Waals surface area contributed by atoms with E-state index in [-0.39, 0.29) is 15.5 Å². The van der Waals surface area contributed by atoms with E-state index in [1.165, 1.54) is 30.3 Å². The third-order valence-electron chi connectivity index (χ3n) is 6.06. The normalized spacial score (nSPS) is 14.4. The highest BCUT2D eigenvalue weighted by Gasteiger charge is 2.44. The Morgan fingerprint density at radius 1 is 1.11 bits per heavy atom. The number of carbonyl (C=O) groups is 1. The standard InChI is InChI=1S/C26H23ClFN3O3S/c1-18-5-11-21(12-6-18)35(33,34)31(15-22-23(27)3-2-4-24(22)28)16-25(32)30-20-9-7-19(8-10-20)26(17-29)13-14-26/h2-12H,13-16H2,1H3,(H,30,32). The minimum atomic E-state index is -4.15. The zero-order valence-electron chi connectivity index (χ0n) is 19.0. The van der Waals surface area contributed by atoms with E-state index in [0.717, 1.165) is 28.3 Å². The van der Waals surface area contributed by atoms with E-state index >= 15 is 0 Å². The lowest BCUT2D eigenvalue weighted by Crippen LogP contribution is -2.38. The van der Waals surface area contributed by atoms with Crippen LogP contribution in [0.4, 0.5) is 10.1 Å². The summed E-state index contributed by atoms with van der Waals surface area (Å²) in [4.78, 5) is 12.9. The molecule has 0 aliphatic heterocycles. The Morgan fingerprint density at radius 2 is 1.77 bits per heavy atom.